The van der Waals surface area contributed by atoms with Gasteiger partial charge in [-0.25, -0.2) is 9.37 Å². The van der Waals surface area contributed by atoms with Crippen molar-refractivity contribution in [2.45, 2.75) is 26.8 Å². The Morgan fingerprint density at radius 2 is 2.00 bits per heavy atom. The van der Waals surface area contributed by atoms with E-state index in [-0.39, 0.29) is 28.7 Å². The van der Waals surface area contributed by atoms with E-state index in [1.54, 1.807) is 37.3 Å². The van der Waals surface area contributed by atoms with Crippen LogP contribution in [0.1, 0.15) is 34.4 Å². The highest BCUT2D eigenvalue weighted by Gasteiger charge is 2.18. The summed E-state index contributed by atoms with van der Waals surface area (Å²) in [6.45, 7) is 3.50. The molecule has 0 aliphatic carbocycles. The van der Waals surface area contributed by atoms with Gasteiger partial charge < -0.3 is 20.8 Å². The molecule has 2 aromatic carbocycles. The molecule has 0 saturated carbocycles. The number of benzene rings is 2. The molecule has 0 atom stereocenters. The summed E-state index contributed by atoms with van der Waals surface area (Å²) in [4.78, 5) is 19.0. The van der Waals surface area contributed by atoms with Gasteiger partial charge in [0.15, 0.2) is 17.3 Å². The Balaban J connectivity index is 1.84. The molecule has 0 fully saturated rings. The standard InChI is InChI=1S/C20H19Cl2FN4O2/c1-3-11-4-5-12(9-25-20(28)17-19(22)27-10(2)26-17)16(23)18(11)29-15-7-13(21)6-14(24)8-15/h4-8H,3,9,24H2,1-2H3,(H,25,28)(H,26,27). The van der Waals surface area contributed by atoms with Gasteiger partial charge in [-0.3, -0.25) is 4.79 Å². The number of imidazole rings is 1. The number of carbonyl (C=O) groups excluding carboxylic acids is 1. The quantitative estimate of drug-likeness (QED) is 0.472. The number of hydrogen-bond donors (Lipinski definition) is 3. The summed E-state index contributed by atoms with van der Waals surface area (Å²) >= 11 is 11.9. The van der Waals surface area contributed by atoms with E-state index in [1.165, 1.54) is 0 Å². The summed E-state index contributed by atoms with van der Waals surface area (Å²) in [6.07, 6.45) is 0.553. The number of H-pyrrole nitrogens is 1. The number of rotatable bonds is 6. The number of amides is 1. The second-order valence-corrected chi connectivity index (χ2v) is 7.18. The smallest absolute Gasteiger partial charge is 0.273 e. The molecule has 0 saturated heterocycles. The van der Waals surface area contributed by atoms with E-state index in [2.05, 4.69) is 15.3 Å². The zero-order valence-corrected chi connectivity index (χ0v) is 17.3. The lowest BCUT2D eigenvalue weighted by molar-refractivity contribution is 0.0946. The van der Waals surface area contributed by atoms with Crippen molar-refractivity contribution in [2.24, 2.45) is 0 Å². The number of ether oxygens (including phenoxy) is 1. The Hall–Kier alpha value is -2.77. The summed E-state index contributed by atoms with van der Waals surface area (Å²) in [7, 11) is 0. The molecule has 0 unspecified atom stereocenters. The number of aryl methyl sites for hydroxylation is 2. The van der Waals surface area contributed by atoms with Crippen LogP contribution in [0.25, 0.3) is 0 Å². The first-order valence-corrected chi connectivity index (χ1v) is 9.58. The van der Waals surface area contributed by atoms with Crippen LogP contribution in [0, 0.1) is 12.7 Å². The molecule has 9 heteroatoms. The minimum Gasteiger partial charge on any atom is -0.454 e. The van der Waals surface area contributed by atoms with E-state index in [4.69, 9.17) is 33.7 Å². The number of hydrogen-bond acceptors (Lipinski definition) is 4. The van der Waals surface area contributed by atoms with Crippen LogP contribution < -0.4 is 15.8 Å². The van der Waals surface area contributed by atoms with Gasteiger partial charge in [0.05, 0.1) is 0 Å². The molecule has 3 aromatic rings. The van der Waals surface area contributed by atoms with Crippen molar-refractivity contribution in [1.82, 2.24) is 15.3 Å². The first kappa shape index (κ1) is 21.0. The van der Waals surface area contributed by atoms with Crippen LogP contribution >= 0.6 is 23.2 Å². The third-order valence-electron chi connectivity index (χ3n) is 4.19. The van der Waals surface area contributed by atoms with Crippen molar-refractivity contribution in [3.05, 3.63) is 69.0 Å². The van der Waals surface area contributed by atoms with Crippen LogP contribution in [0.3, 0.4) is 0 Å². The fourth-order valence-electron chi connectivity index (χ4n) is 2.80. The average Bonchev–Trinajstić information content (AvgIpc) is 2.99. The minimum absolute atomic E-state index is 0.0561. The molecule has 0 aliphatic rings. The van der Waals surface area contributed by atoms with E-state index in [0.29, 0.717) is 34.3 Å². The Morgan fingerprint density at radius 1 is 1.28 bits per heavy atom. The first-order chi connectivity index (χ1) is 13.8. The fraction of sp³-hybridized carbons (Fsp3) is 0.200. The van der Waals surface area contributed by atoms with Crippen molar-refractivity contribution in [3.8, 4) is 11.5 Å². The van der Waals surface area contributed by atoms with E-state index in [0.717, 1.165) is 0 Å². The Labute approximate surface area is 177 Å². The largest absolute Gasteiger partial charge is 0.454 e. The molecule has 3 rings (SSSR count). The maximum atomic E-state index is 15.2. The molecule has 1 aromatic heterocycles. The number of nitrogen functional groups attached to an aromatic ring is 1. The Bertz CT molecular complexity index is 1050. The molecule has 4 N–H and O–H groups in total. The molecule has 29 heavy (non-hydrogen) atoms. The zero-order chi connectivity index (χ0) is 21.1. The number of nitrogens with one attached hydrogen (secondary N) is 2. The van der Waals surface area contributed by atoms with E-state index in [1.807, 2.05) is 6.92 Å². The lowest BCUT2D eigenvalue weighted by atomic mass is 10.1. The fourth-order valence-corrected chi connectivity index (χ4v) is 3.29. The van der Waals surface area contributed by atoms with Gasteiger partial charge in [0, 0.05) is 28.9 Å². The molecule has 0 aliphatic heterocycles. The van der Waals surface area contributed by atoms with E-state index in [9.17, 15) is 4.79 Å². The van der Waals surface area contributed by atoms with Gasteiger partial charge in [-0.1, -0.05) is 42.3 Å². The molecule has 152 valence electrons. The highest BCUT2D eigenvalue weighted by Crippen LogP contribution is 2.33. The molecular formula is C20H19Cl2FN4O2. The summed E-state index contributed by atoms with van der Waals surface area (Å²) < 4.78 is 20.9. The monoisotopic (exact) mass is 436 g/mol. The molecular weight excluding hydrogens is 418 g/mol. The molecule has 0 bridgehead atoms. The van der Waals surface area contributed by atoms with Crippen LogP contribution in [-0.4, -0.2) is 15.9 Å². The van der Waals surface area contributed by atoms with Crippen molar-refractivity contribution in [2.75, 3.05) is 5.73 Å². The number of aromatic amines is 1. The van der Waals surface area contributed by atoms with Crippen molar-refractivity contribution in [1.29, 1.82) is 0 Å². The van der Waals surface area contributed by atoms with Crippen molar-refractivity contribution < 1.29 is 13.9 Å². The number of aromatic nitrogens is 2. The Morgan fingerprint density at radius 3 is 2.62 bits per heavy atom. The third kappa shape index (κ3) is 4.81. The lowest BCUT2D eigenvalue weighted by Crippen LogP contribution is -2.24. The van der Waals surface area contributed by atoms with Crippen LogP contribution in [0.15, 0.2) is 30.3 Å². The number of anilines is 1. The zero-order valence-electron chi connectivity index (χ0n) is 15.8. The maximum absolute atomic E-state index is 15.2. The van der Waals surface area contributed by atoms with Crippen LogP contribution in [0.2, 0.25) is 10.2 Å². The second-order valence-electron chi connectivity index (χ2n) is 6.37. The van der Waals surface area contributed by atoms with Crippen LogP contribution in [-0.2, 0) is 13.0 Å². The van der Waals surface area contributed by atoms with Crippen LogP contribution in [0.4, 0.5) is 10.1 Å². The highest BCUT2D eigenvalue weighted by atomic mass is 35.5. The average molecular weight is 437 g/mol. The third-order valence-corrected chi connectivity index (χ3v) is 4.68. The summed E-state index contributed by atoms with van der Waals surface area (Å²) in [5.74, 6) is -0.191. The van der Waals surface area contributed by atoms with Gasteiger partial charge in [0.25, 0.3) is 5.91 Å². The van der Waals surface area contributed by atoms with Crippen LogP contribution in [0.5, 0.6) is 11.5 Å². The number of nitrogens with two attached hydrogens (primary N) is 1. The number of nitrogens with zero attached hydrogens (tertiary/aromatic N) is 1. The van der Waals surface area contributed by atoms with Gasteiger partial charge in [-0.2, -0.15) is 0 Å². The Kier molecular flexibility index (Phi) is 6.30. The van der Waals surface area contributed by atoms with Gasteiger partial charge >= 0.3 is 0 Å². The number of halogens is 3. The SMILES string of the molecule is CCc1ccc(CNC(=O)c2nc(C)[nH]c2Cl)c(F)c1Oc1cc(N)cc(Cl)c1. The van der Waals surface area contributed by atoms with E-state index < -0.39 is 11.7 Å². The number of carbonyl (C=O) groups is 1. The van der Waals surface area contributed by atoms with Gasteiger partial charge in [0.1, 0.15) is 16.7 Å². The minimum atomic E-state index is -0.576. The lowest BCUT2D eigenvalue weighted by Gasteiger charge is -2.15. The summed E-state index contributed by atoms with van der Waals surface area (Å²) in [6, 6.07) is 8.03. The second kappa shape index (κ2) is 8.71. The highest BCUT2D eigenvalue weighted by molar-refractivity contribution is 6.32. The van der Waals surface area contributed by atoms with Gasteiger partial charge in [-0.15, -0.1) is 0 Å². The normalized spacial score (nSPS) is 10.8. The molecule has 1 amide bonds. The summed E-state index contributed by atoms with van der Waals surface area (Å²) in [5, 5.41) is 3.13. The molecule has 0 spiro atoms. The predicted molar refractivity (Wildman–Crippen MR) is 111 cm³/mol. The summed E-state index contributed by atoms with van der Waals surface area (Å²) in [5.41, 5.74) is 7.16. The molecule has 0 radical (unpaired) electrons. The van der Waals surface area contributed by atoms with Gasteiger partial charge in [0.2, 0.25) is 0 Å². The van der Waals surface area contributed by atoms with E-state index >= 15 is 4.39 Å². The van der Waals surface area contributed by atoms with Gasteiger partial charge in [-0.05, 0) is 31.0 Å². The molecule has 6 nitrogen and oxygen atoms in total. The topological polar surface area (TPSA) is 93.0 Å². The van der Waals surface area contributed by atoms with Crippen molar-refractivity contribution in [3.63, 3.8) is 0 Å². The molecule has 1 heterocycles. The van der Waals surface area contributed by atoms with Crippen molar-refractivity contribution >= 4 is 34.8 Å². The predicted octanol–water partition coefficient (Wildman–Crippen LogP) is 5.03. The maximum Gasteiger partial charge on any atom is 0.273 e. The first-order valence-electron chi connectivity index (χ1n) is 8.83.